The van der Waals surface area contributed by atoms with Gasteiger partial charge in [0.05, 0.1) is 6.54 Å². The van der Waals surface area contributed by atoms with E-state index in [1.807, 2.05) is 20.8 Å². The van der Waals surface area contributed by atoms with E-state index in [-0.39, 0.29) is 11.4 Å². The van der Waals surface area contributed by atoms with Crippen LogP contribution in [0.1, 0.15) is 91.4 Å². The molecule has 0 spiro atoms. The van der Waals surface area contributed by atoms with Gasteiger partial charge in [-0.2, -0.15) is 0 Å². The fraction of sp³-hybridized carbons (Fsp3) is 0.920. The minimum atomic E-state index is -0.167. The van der Waals surface area contributed by atoms with Crippen LogP contribution in [0.15, 0.2) is 0 Å². The monoisotopic (exact) mass is 400 g/mol. The molecule has 6 fully saturated rings. The van der Waals surface area contributed by atoms with Crippen LogP contribution in [0.4, 0.5) is 0 Å². The highest BCUT2D eigenvalue weighted by atomic mass is 16.2. The summed E-state index contributed by atoms with van der Waals surface area (Å²) in [5.41, 5.74) is 0.245. The van der Waals surface area contributed by atoms with Gasteiger partial charge in [-0.1, -0.05) is 0 Å². The number of carbonyl (C=O) groups is 2. The van der Waals surface area contributed by atoms with Gasteiger partial charge in [0, 0.05) is 30.5 Å². The Morgan fingerprint density at radius 1 is 0.966 bits per heavy atom. The number of hydrogen-bond acceptors (Lipinski definition) is 3. The van der Waals surface area contributed by atoms with Gasteiger partial charge in [0.15, 0.2) is 0 Å². The first-order chi connectivity index (χ1) is 13.7. The van der Waals surface area contributed by atoms with Gasteiger partial charge in [0.25, 0.3) is 0 Å². The number of Topliss-reactive ketones (excluding diaryl/α,β-unsaturated/α-hetero) is 1. The second-order valence-corrected chi connectivity index (χ2v) is 12.5. The number of hydrogen-bond donors (Lipinski definition) is 1. The van der Waals surface area contributed by atoms with Gasteiger partial charge in [0.1, 0.15) is 5.78 Å². The Labute approximate surface area is 176 Å². The van der Waals surface area contributed by atoms with Crippen molar-refractivity contribution in [3.63, 3.8) is 0 Å². The van der Waals surface area contributed by atoms with Crippen molar-refractivity contribution in [2.75, 3.05) is 6.54 Å². The molecule has 0 aromatic carbocycles. The highest BCUT2D eigenvalue weighted by Crippen LogP contribution is 2.66. The zero-order valence-electron chi connectivity index (χ0n) is 18.7. The van der Waals surface area contributed by atoms with E-state index < -0.39 is 0 Å². The van der Waals surface area contributed by atoms with E-state index in [4.69, 9.17) is 0 Å². The standard InChI is InChI=1S/C25H40N2O2/c1-24(2,3)26-23(29)15-27-20-4-5-21(27)10-16(9-20)11-22(28)14-25-12-17-6-18(13-25)8-19(25)7-17/h16-21H,4-15H2,1-3H3,(H,26,29)/t16-,17?,18?,19?,20+,21?,25?/m0/s1. The van der Waals surface area contributed by atoms with Crippen molar-refractivity contribution in [1.29, 1.82) is 0 Å². The molecule has 3 unspecified atom stereocenters. The fourth-order valence-electron chi connectivity index (χ4n) is 8.48. The lowest BCUT2D eigenvalue weighted by Crippen LogP contribution is -2.51. The quantitative estimate of drug-likeness (QED) is 0.722. The lowest BCUT2D eigenvalue weighted by Gasteiger charge is -2.39. The van der Waals surface area contributed by atoms with Gasteiger partial charge in [-0.3, -0.25) is 14.5 Å². The predicted molar refractivity (Wildman–Crippen MR) is 114 cm³/mol. The van der Waals surface area contributed by atoms with Crippen molar-refractivity contribution >= 4 is 11.7 Å². The van der Waals surface area contributed by atoms with Crippen LogP contribution in [0.25, 0.3) is 0 Å². The summed E-state index contributed by atoms with van der Waals surface area (Å²) in [7, 11) is 0. The number of ketones is 1. The Hall–Kier alpha value is -0.900. The van der Waals surface area contributed by atoms with Gasteiger partial charge in [-0.25, -0.2) is 0 Å². The molecular weight excluding hydrogens is 360 g/mol. The summed E-state index contributed by atoms with van der Waals surface area (Å²) in [5, 5.41) is 3.11. The topological polar surface area (TPSA) is 49.4 Å². The maximum atomic E-state index is 13.1. The second-order valence-electron chi connectivity index (χ2n) is 12.5. The lowest BCUT2D eigenvalue weighted by atomic mass is 9.71. The van der Waals surface area contributed by atoms with E-state index in [9.17, 15) is 9.59 Å². The molecule has 2 saturated heterocycles. The average molecular weight is 401 g/mol. The number of amides is 1. The molecule has 0 aromatic rings. The molecule has 6 bridgehead atoms. The lowest BCUT2D eigenvalue weighted by molar-refractivity contribution is -0.126. The summed E-state index contributed by atoms with van der Waals surface area (Å²) in [6, 6.07) is 1.02. The highest BCUT2D eigenvalue weighted by molar-refractivity contribution is 5.80. The van der Waals surface area contributed by atoms with Crippen LogP contribution in [0.3, 0.4) is 0 Å². The first kappa shape index (κ1) is 20.0. The molecular formula is C25H40N2O2. The van der Waals surface area contributed by atoms with E-state index in [1.54, 1.807) is 0 Å². The van der Waals surface area contributed by atoms with E-state index in [2.05, 4.69) is 10.2 Å². The average Bonchev–Trinajstić information content (AvgIpc) is 3.05. The summed E-state index contributed by atoms with van der Waals surface area (Å²) in [5.74, 6) is 4.01. The summed E-state index contributed by atoms with van der Waals surface area (Å²) < 4.78 is 0. The van der Waals surface area contributed by atoms with Crippen LogP contribution in [0.5, 0.6) is 0 Å². The maximum Gasteiger partial charge on any atom is 0.234 e. The van der Waals surface area contributed by atoms with E-state index in [1.165, 1.54) is 44.9 Å². The van der Waals surface area contributed by atoms with Crippen LogP contribution in [-0.2, 0) is 9.59 Å². The number of nitrogens with one attached hydrogen (secondary N) is 1. The Morgan fingerprint density at radius 3 is 2.17 bits per heavy atom. The third-order valence-corrected chi connectivity index (χ3v) is 9.05. The molecule has 162 valence electrons. The number of fused-ring (bicyclic) bond motifs is 2. The van der Waals surface area contributed by atoms with Crippen molar-refractivity contribution in [3.05, 3.63) is 0 Å². The zero-order valence-corrected chi connectivity index (χ0v) is 18.7. The largest absolute Gasteiger partial charge is 0.350 e. The third-order valence-electron chi connectivity index (χ3n) is 9.05. The van der Waals surface area contributed by atoms with Crippen LogP contribution < -0.4 is 5.32 Å². The molecule has 1 amide bonds. The van der Waals surface area contributed by atoms with Crippen molar-refractivity contribution in [1.82, 2.24) is 10.2 Å². The summed E-state index contributed by atoms with van der Waals surface area (Å²) in [4.78, 5) is 28.0. The molecule has 0 radical (unpaired) electrons. The van der Waals surface area contributed by atoms with Crippen molar-refractivity contribution in [2.24, 2.45) is 29.1 Å². The SMILES string of the molecule is CC(C)(C)NC(=O)CN1C2CC[C@@H]1C[C@H](CC(=O)CC13CC4CC(CC1C4)C3)C2. The van der Waals surface area contributed by atoms with Crippen LogP contribution in [0.2, 0.25) is 0 Å². The van der Waals surface area contributed by atoms with Crippen LogP contribution in [-0.4, -0.2) is 40.8 Å². The predicted octanol–water partition coefficient (Wildman–Crippen LogP) is 4.32. The molecule has 4 saturated carbocycles. The highest BCUT2D eigenvalue weighted by Gasteiger charge is 2.58. The molecule has 0 aromatic heterocycles. The molecule has 4 nitrogen and oxygen atoms in total. The van der Waals surface area contributed by atoms with Crippen molar-refractivity contribution in [3.8, 4) is 0 Å². The van der Waals surface area contributed by atoms with Crippen molar-refractivity contribution in [2.45, 2.75) is 109 Å². The van der Waals surface area contributed by atoms with E-state index in [0.717, 1.165) is 43.4 Å². The van der Waals surface area contributed by atoms with E-state index >= 15 is 0 Å². The number of rotatable bonds is 6. The van der Waals surface area contributed by atoms with E-state index in [0.29, 0.717) is 35.7 Å². The Balaban J connectivity index is 1.14. The first-order valence-electron chi connectivity index (χ1n) is 12.3. The minimum absolute atomic E-state index is 0.148. The van der Waals surface area contributed by atoms with Gasteiger partial charge < -0.3 is 5.32 Å². The van der Waals surface area contributed by atoms with Crippen molar-refractivity contribution < 1.29 is 9.59 Å². The molecule has 4 heteroatoms. The molecule has 2 aliphatic heterocycles. The Bertz CT molecular complexity index is 653. The molecule has 6 rings (SSSR count). The summed E-state index contributed by atoms with van der Waals surface area (Å²) >= 11 is 0. The Kier molecular flexibility index (Phi) is 4.88. The summed E-state index contributed by atoms with van der Waals surface area (Å²) in [6.07, 6.45) is 13.3. The molecule has 2 heterocycles. The van der Waals surface area contributed by atoms with Gasteiger partial charge in [0.2, 0.25) is 5.91 Å². The Morgan fingerprint density at radius 2 is 1.59 bits per heavy atom. The van der Waals surface area contributed by atoms with Gasteiger partial charge in [-0.15, -0.1) is 0 Å². The molecule has 4 aliphatic carbocycles. The minimum Gasteiger partial charge on any atom is -0.350 e. The number of carbonyl (C=O) groups excluding carboxylic acids is 2. The zero-order chi connectivity index (χ0) is 20.4. The third kappa shape index (κ3) is 3.91. The number of piperidine rings is 1. The fourth-order valence-corrected chi connectivity index (χ4v) is 8.48. The van der Waals surface area contributed by atoms with Crippen LogP contribution in [0, 0.1) is 29.1 Å². The summed E-state index contributed by atoms with van der Waals surface area (Å²) in [6.45, 7) is 6.65. The first-order valence-corrected chi connectivity index (χ1v) is 12.3. The molecule has 1 N–H and O–H groups in total. The number of nitrogens with zero attached hydrogens (tertiary/aromatic N) is 1. The smallest absolute Gasteiger partial charge is 0.234 e. The van der Waals surface area contributed by atoms with Crippen LogP contribution >= 0.6 is 0 Å². The van der Waals surface area contributed by atoms with Gasteiger partial charge in [-0.05, 0) is 108 Å². The maximum absolute atomic E-state index is 13.1. The molecule has 6 aliphatic rings. The molecule has 5 atom stereocenters. The molecule has 29 heavy (non-hydrogen) atoms. The normalized spacial score (nSPS) is 43.1. The second kappa shape index (κ2) is 7.07. The van der Waals surface area contributed by atoms with Gasteiger partial charge >= 0.3 is 0 Å².